The van der Waals surface area contributed by atoms with Crippen molar-refractivity contribution in [2.24, 2.45) is 5.92 Å². The Morgan fingerprint density at radius 3 is 2.36 bits per heavy atom. The molecule has 0 saturated heterocycles. The number of aliphatic hydroxyl groups excluding tert-OH is 1. The van der Waals surface area contributed by atoms with Gasteiger partial charge in [-0.1, -0.05) is 13.8 Å². The van der Waals surface area contributed by atoms with Gasteiger partial charge in [-0.15, -0.1) is 0 Å². The summed E-state index contributed by atoms with van der Waals surface area (Å²) < 4.78 is 0. The van der Waals surface area contributed by atoms with Crippen LogP contribution in [-0.4, -0.2) is 23.7 Å². The highest BCUT2D eigenvalue weighted by Gasteiger charge is 2.06. The monoisotopic (exact) mass is 159 g/mol. The van der Waals surface area contributed by atoms with E-state index in [-0.39, 0.29) is 5.91 Å². The van der Waals surface area contributed by atoms with E-state index >= 15 is 0 Å². The number of nitrogens with one attached hydrogen (secondary N) is 1. The summed E-state index contributed by atoms with van der Waals surface area (Å²) in [5, 5.41) is 11.4. The molecule has 0 saturated carbocycles. The van der Waals surface area contributed by atoms with Gasteiger partial charge in [0, 0.05) is 6.54 Å². The van der Waals surface area contributed by atoms with Crippen LogP contribution in [0.3, 0.4) is 0 Å². The van der Waals surface area contributed by atoms with Crippen molar-refractivity contribution in [1.29, 1.82) is 0 Å². The van der Waals surface area contributed by atoms with Crippen LogP contribution in [-0.2, 0) is 4.79 Å². The molecular weight excluding hydrogens is 142 g/mol. The molecule has 3 heteroatoms. The lowest BCUT2D eigenvalue weighted by molar-refractivity contribution is -0.128. The Morgan fingerprint density at radius 2 is 2.00 bits per heavy atom. The summed E-state index contributed by atoms with van der Waals surface area (Å²) >= 11 is 0. The number of aliphatic hydroxyl groups is 1. The minimum absolute atomic E-state index is 0.286. The summed E-state index contributed by atoms with van der Waals surface area (Å²) in [6.45, 7) is 6.30. The molecule has 0 aromatic rings. The molecular formula is C8H17NO2. The average Bonchev–Trinajstić information content (AvgIpc) is 1.86. The van der Waals surface area contributed by atoms with E-state index in [1.807, 2.05) is 0 Å². The Balaban J connectivity index is 3.32. The predicted molar refractivity (Wildman–Crippen MR) is 44.1 cm³/mol. The second-order valence-electron chi connectivity index (χ2n) is 3.15. The summed E-state index contributed by atoms with van der Waals surface area (Å²) in [5.41, 5.74) is 0. The van der Waals surface area contributed by atoms with E-state index in [1.54, 1.807) is 0 Å². The van der Waals surface area contributed by atoms with E-state index in [4.69, 9.17) is 5.11 Å². The topological polar surface area (TPSA) is 49.3 Å². The highest BCUT2D eigenvalue weighted by molar-refractivity contribution is 5.79. The first-order valence-electron chi connectivity index (χ1n) is 3.99. The first-order valence-corrected chi connectivity index (χ1v) is 3.99. The summed E-state index contributed by atoms with van der Waals surface area (Å²) in [5.74, 6) is 0.301. The van der Waals surface area contributed by atoms with Gasteiger partial charge < -0.3 is 10.4 Å². The van der Waals surface area contributed by atoms with Crippen LogP contribution in [0, 0.1) is 5.92 Å². The fourth-order valence-corrected chi connectivity index (χ4v) is 0.632. The van der Waals surface area contributed by atoms with Crippen LogP contribution in [0.4, 0.5) is 0 Å². The maximum atomic E-state index is 10.8. The molecule has 3 nitrogen and oxygen atoms in total. The Kier molecular flexibility index (Phi) is 4.86. The fraction of sp³-hybridized carbons (Fsp3) is 0.875. The molecule has 0 aliphatic rings. The van der Waals surface area contributed by atoms with Gasteiger partial charge in [-0.05, 0) is 19.3 Å². The minimum atomic E-state index is -0.887. The Bertz CT molecular complexity index is 121. The van der Waals surface area contributed by atoms with Gasteiger partial charge in [0.25, 0.3) is 0 Å². The molecule has 0 bridgehead atoms. The molecule has 0 unspecified atom stereocenters. The first-order chi connectivity index (χ1) is 5.04. The summed E-state index contributed by atoms with van der Waals surface area (Å²) in [6, 6.07) is 0. The summed E-state index contributed by atoms with van der Waals surface area (Å²) in [6.07, 6.45) is 0.0699. The lowest BCUT2D eigenvalue weighted by atomic mass is 10.1. The maximum absolute atomic E-state index is 10.8. The summed E-state index contributed by atoms with van der Waals surface area (Å²) in [4.78, 5) is 10.8. The zero-order valence-electron chi connectivity index (χ0n) is 7.42. The van der Waals surface area contributed by atoms with Gasteiger partial charge in [0.15, 0.2) is 0 Å². The smallest absolute Gasteiger partial charge is 0.248 e. The third kappa shape index (κ3) is 5.85. The number of carbonyl (C=O) groups excluding carboxylic acids is 1. The Hall–Kier alpha value is -0.570. The van der Waals surface area contributed by atoms with Crippen LogP contribution in [0.15, 0.2) is 0 Å². The van der Waals surface area contributed by atoms with Crippen LogP contribution in [0.2, 0.25) is 0 Å². The molecule has 11 heavy (non-hydrogen) atoms. The van der Waals surface area contributed by atoms with E-state index in [9.17, 15) is 4.79 Å². The van der Waals surface area contributed by atoms with Crippen LogP contribution in [0.1, 0.15) is 27.2 Å². The largest absolute Gasteiger partial charge is 0.384 e. The maximum Gasteiger partial charge on any atom is 0.248 e. The van der Waals surface area contributed by atoms with Crippen LogP contribution in [0.5, 0.6) is 0 Å². The third-order valence-corrected chi connectivity index (χ3v) is 1.40. The highest BCUT2D eigenvalue weighted by atomic mass is 16.3. The number of amides is 1. The van der Waals surface area contributed by atoms with Gasteiger partial charge in [-0.3, -0.25) is 4.79 Å². The average molecular weight is 159 g/mol. The van der Waals surface area contributed by atoms with E-state index in [0.717, 1.165) is 6.42 Å². The molecule has 0 fully saturated rings. The van der Waals surface area contributed by atoms with Crippen molar-refractivity contribution in [3.05, 3.63) is 0 Å². The Morgan fingerprint density at radius 1 is 1.45 bits per heavy atom. The molecule has 2 N–H and O–H groups in total. The van der Waals surface area contributed by atoms with Crippen molar-refractivity contribution in [2.45, 2.75) is 33.3 Å². The van der Waals surface area contributed by atoms with Crippen molar-refractivity contribution in [3.63, 3.8) is 0 Å². The molecule has 0 radical (unpaired) electrons. The van der Waals surface area contributed by atoms with Crippen LogP contribution in [0.25, 0.3) is 0 Å². The number of hydrogen-bond donors (Lipinski definition) is 2. The van der Waals surface area contributed by atoms with E-state index < -0.39 is 6.10 Å². The first kappa shape index (κ1) is 10.4. The van der Waals surface area contributed by atoms with Gasteiger partial charge >= 0.3 is 0 Å². The van der Waals surface area contributed by atoms with Crippen molar-refractivity contribution < 1.29 is 9.90 Å². The van der Waals surface area contributed by atoms with E-state index in [1.165, 1.54) is 6.92 Å². The fourth-order valence-electron chi connectivity index (χ4n) is 0.632. The van der Waals surface area contributed by atoms with Gasteiger partial charge in [0.2, 0.25) is 5.91 Å². The van der Waals surface area contributed by atoms with E-state index in [0.29, 0.717) is 12.5 Å². The molecule has 0 rings (SSSR count). The third-order valence-electron chi connectivity index (χ3n) is 1.40. The van der Waals surface area contributed by atoms with Crippen molar-refractivity contribution in [2.75, 3.05) is 6.54 Å². The molecule has 1 amide bonds. The molecule has 0 heterocycles. The van der Waals surface area contributed by atoms with Gasteiger partial charge in [-0.2, -0.15) is 0 Å². The number of hydrogen-bond acceptors (Lipinski definition) is 2. The van der Waals surface area contributed by atoms with Crippen LogP contribution < -0.4 is 5.32 Å². The zero-order valence-corrected chi connectivity index (χ0v) is 7.42. The second kappa shape index (κ2) is 5.13. The SMILES string of the molecule is CC(C)CCNC(=O)[C@@H](C)O. The normalized spacial score (nSPS) is 13.2. The second-order valence-corrected chi connectivity index (χ2v) is 3.15. The van der Waals surface area contributed by atoms with Gasteiger partial charge in [-0.25, -0.2) is 0 Å². The molecule has 0 aromatic heterocycles. The Labute approximate surface area is 67.8 Å². The molecule has 0 aromatic carbocycles. The minimum Gasteiger partial charge on any atom is -0.384 e. The van der Waals surface area contributed by atoms with Crippen molar-refractivity contribution in [3.8, 4) is 0 Å². The standard InChI is InChI=1S/C8H17NO2/c1-6(2)4-5-9-8(11)7(3)10/h6-7,10H,4-5H2,1-3H3,(H,9,11)/t7-/m1/s1. The molecule has 0 aliphatic heterocycles. The molecule has 1 atom stereocenters. The van der Waals surface area contributed by atoms with Gasteiger partial charge in [0.1, 0.15) is 6.10 Å². The van der Waals surface area contributed by atoms with Crippen LogP contribution >= 0.6 is 0 Å². The number of rotatable bonds is 4. The van der Waals surface area contributed by atoms with Crippen molar-refractivity contribution >= 4 is 5.91 Å². The highest BCUT2D eigenvalue weighted by Crippen LogP contribution is 1.96. The molecule has 0 aliphatic carbocycles. The number of carbonyl (C=O) groups is 1. The lowest BCUT2D eigenvalue weighted by Gasteiger charge is -2.07. The zero-order chi connectivity index (χ0) is 8.85. The summed E-state index contributed by atoms with van der Waals surface area (Å²) in [7, 11) is 0. The van der Waals surface area contributed by atoms with E-state index in [2.05, 4.69) is 19.2 Å². The van der Waals surface area contributed by atoms with Crippen molar-refractivity contribution in [1.82, 2.24) is 5.32 Å². The molecule has 0 spiro atoms. The lowest BCUT2D eigenvalue weighted by Crippen LogP contribution is -2.33. The quantitative estimate of drug-likeness (QED) is 0.628. The van der Waals surface area contributed by atoms with Gasteiger partial charge in [0.05, 0.1) is 0 Å². The molecule has 66 valence electrons. The predicted octanol–water partition coefficient (Wildman–Crippen LogP) is 0.529.